The molecule has 8 nitrogen and oxygen atoms in total. The Kier molecular flexibility index (Phi) is 5.24. The fraction of sp³-hybridized carbons (Fsp3) is 0.125. The summed E-state index contributed by atoms with van der Waals surface area (Å²) in [6.07, 6.45) is 4.55. The van der Waals surface area contributed by atoms with Gasteiger partial charge < -0.3 is 9.30 Å². The summed E-state index contributed by atoms with van der Waals surface area (Å²) in [5, 5.41) is 21.7. The number of fused-ring (bicyclic) bond motifs is 1. The third-order valence-electron chi connectivity index (χ3n) is 5.18. The average Bonchev–Trinajstić information content (AvgIpc) is 3.50. The van der Waals surface area contributed by atoms with Gasteiger partial charge >= 0.3 is 0 Å². The number of benzene rings is 2. The van der Waals surface area contributed by atoms with Crippen LogP contribution in [0, 0.1) is 17.1 Å². The molecule has 0 amide bonds. The fourth-order valence-corrected chi connectivity index (χ4v) is 3.64. The Morgan fingerprint density at radius 1 is 1.09 bits per heavy atom. The molecule has 0 aliphatic rings. The molecule has 1 atom stereocenters. The van der Waals surface area contributed by atoms with Crippen LogP contribution < -0.4 is 4.74 Å². The zero-order valence-corrected chi connectivity index (χ0v) is 17.6. The van der Waals surface area contributed by atoms with E-state index in [2.05, 4.69) is 21.3 Å². The van der Waals surface area contributed by atoms with E-state index in [1.54, 1.807) is 46.1 Å². The van der Waals surface area contributed by atoms with Crippen molar-refractivity contribution < 1.29 is 9.13 Å². The highest BCUT2D eigenvalue weighted by molar-refractivity contribution is 5.70. The predicted octanol–water partition coefficient (Wildman–Crippen LogP) is 4.13. The zero-order valence-electron chi connectivity index (χ0n) is 17.6. The molecule has 0 aliphatic carbocycles. The second kappa shape index (κ2) is 8.51. The first-order valence-electron chi connectivity index (χ1n) is 10.3. The van der Waals surface area contributed by atoms with Gasteiger partial charge in [0.2, 0.25) is 0 Å². The molecule has 0 radical (unpaired) electrons. The largest absolute Gasteiger partial charge is 0.486 e. The molecule has 3 aromatic heterocycles. The Hall–Kier alpha value is -4.58. The van der Waals surface area contributed by atoms with Crippen molar-refractivity contribution in [1.82, 2.24) is 29.4 Å². The number of hydrogen-bond donors (Lipinski definition) is 0. The van der Waals surface area contributed by atoms with Crippen molar-refractivity contribution in [2.24, 2.45) is 0 Å². The van der Waals surface area contributed by atoms with Crippen LogP contribution in [0.15, 0.2) is 73.4 Å². The van der Waals surface area contributed by atoms with Gasteiger partial charge in [0, 0.05) is 11.1 Å². The van der Waals surface area contributed by atoms with E-state index in [1.807, 2.05) is 37.3 Å². The molecule has 0 fully saturated rings. The summed E-state index contributed by atoms with van der Waals surface area (Å²) < 4.78 is 23.8. The van der Waals surface area contributed by atoms with Gasteiger partial charge in [-0.1, -0.05) is 18.2 Å². The molecule has 162 valence electrons. The molecule has 0 saturated heterocycles. The highest BCUT2D eigenvalue weighted by Crippen LogP contribution is 2.28. The number of nitrogens with zero attached hydrogens (tertiary/aromatic N) is 7. The Labute approximate surface area is 188 Å². The van der Waals surface area contributed by atoms with E-state index < -0.39 is 5.82 Å². The van der Waals surface area contributed by atoms with Crippen molar-refractivity contribution >= 4 is 5.65 Å². The highest BCUT2D eigenvalue weighted by Gasteiger charge is 2.15. The van der Waals surface area contributed by atoms with E-state index in [-0.39, 0.29) is 11.9 Å². The van der Waals surface area contributed by atoms with E-state index in [4.69, 9.17) is 9.84 Å². The van der Waals surface area contributed by atoms with Gasteiger partial charge in [-0.25, -0.2) is 13.9 Å². The van der Waals surface area contributed by atoms with Crippen molar-refractivity contribution in [3.05, 3.63) is 84.8 Å². The van der Waals surface area contributed by atoms with Crippen LogP contribution in [-0.4, -0.2) is 35.5 Å². The van der Waals surface area contributed by atoms with Crippen molar-refractivity contribution in [1.29, 1.82) is 5.26 Å². The normalized spacial score (nSPS) is 11.9. The van der Waals surface area contributed by atoms with Crippen LogP contribution in [0.5, 0.6) is 5.75 Å². The van der Waals surface area contributed by atoms with Crippen LogP contribution in [0.25, 0.3) is 28.2 Å². The second-order valence-corrected chi connectivity index (χ2v) is 7.52. The van der Waals surface area contributed by atoms with Crippen LogP contribution in [-0.2, 0) is 6.54 Å². The molecule has 9 heteroatoms. The van der Waals surface area contributed by atoms with Crippen molar-refractivity contribution in [3.8, 4) is 34.3 Å². The number of nitriles is 1. The number of hydrogen-bond acceptors (Lipinski definition) is 6. The summed E-state index contributed by atoms with van der Waals surface area (Å²) in [7, 11) is 0. The number of aromatic nitrogens is 6. The molecule has 5 aromatic rings. The molecule has 0 bridgehead atoms. The number of halogens is 1. The van der Waals surface area contributed by atoms with Crippen LogP contribution in [0.1, 0.15) is 12.5 Å². The van der Waals surface area contributed by atoms with Gasteiger partial charge in [-0.05, 0) is 43.3 Å². The summed E-state index contributed by atoms with van der Waals surface area (Å²) in [4.78, 5) is 4.41. The Morgan fingerprint density at radius 2 is 1.91 bits per heavy atom. The van der Waals surface area contributed by atoms with Crippen LogP contribution in [0.4, 0.5) is 4.39 Å². The first-order chi connectivity index (χ1) is 16.1. The molecule has 0 spiro atoms. The van der Waals surface area contributed by atoms with E-state index >= 15 is 0 Å². The third-order valence-corrected chi connectivity index (χ3v) is 5.18. The van der Waals surface area contributed by atoms with Crippen molar-refractivity contribution in [2.75, 3.05) is 0 Å². The summed E-state index contributed by atoms with van der Waals surface area (Å²) in [5.41, 5.74) is 3.92. The van der Waals surface area contributed by atoms with Crippen LogP contribution >= 0.6 is 0 Å². The smallest absolute Gasteiger partial charge is 0.165 e. The lowest BCUT2D eigenvalue weighted by atomic mass is 10.1. The van der Waals surface area contributed by atoms with Crippen LogP contribution in [0.2, 0.25) is 0 Å². The Balaban J connectivity index is 1.49. The van der Waals surface area contributed by atoms with E-state index in [9.17, 15) is 9.65 Å². The molecule has 3 heterocycles. The number of ether oxygens (including phenoxy) is 1. The summed E-state index contributed by atoms with van der Waals surface area (Å²) in [5.74, 6) is -0.322. The van der Waals surface area contributed by atoms with Gasteiger partial charge in [0.1, 0.15) is 18.8 Å². The Morgan fingerprint density at radius 3 is 2.73 bits per heavy atom. The Bertz CT molecular complexity index is 1470. The zero-order chi connectivity index (χ0) is 22.8. The first-order valence-corrected chi connectivity index (χ1v) is 10.3. The van der Waals surface area contributed by atoms with Gasteiger partial charge in [-0.15, -0.1) is 10.2 Å². The first kappa shape index (κ1) is 20.3. The average molecular weight is 439 g/mol. The minimum absolute atomic E-state index is 0.135. The monoisotopic (exact) mass is 439 g/mol. The SMILES string of the molecule is C[C@@H](Cn1cnnc1)Oc1cc(-c2ccc3ncc(-c4ccccc4C#N)n3n2)ccc1F. The lowest BCUT2D eigenvalue weighted by molar-refractivity contribution is 0.191. The van der Waals surface area contributed by atoms with Gasteiger partial charge in [0.05, 0.1) is 35.8 Å². The maximum Gasteiger partial charge on any atom is 0.165 e. The quantitative estimate of drug-likeness (QED) is 0.395. The minimum atomic E-state index is -0.457. The summed E-state index contributed by atoms with van der Waals surface area (Å²) >= 11 is 0. The molecule has 2 aromatic carbocycles. The molecule has 33 heavy (non-hydrogen) atoms. The minimum Gasteiger partial charge on any atom is -0.486 e. The summed E-state index contributed by atoms with van der Waals surface area (Å²) in [6, 6.07) is 17.8. The molecule has 0 N–H and O–H groups in total. The molecule has 0 unspecified atom stereocenters. The van der Waals surface area contributed by atoms with Crippen molar-refractivity contribution in [2.45, 2.75) is 19.6 Å². The molecule has 0 saturated carbocycles. The van der Waals surface area contributed by atoms with E-state index in [0.29, 0.717) is 34.7 Å². The molecular formula is C24H18FN7O. The van der Waals surface area contributed by atoms with Gasteiger partial charge in [0.15, 0.2) is 17.2 Å². The lowest BCUT2D eigenvalue weighted by Crippen LogP contribution is -2.19. The topological polar surface area (TPSA) is 93.9 Å². The van der Waals surface area contributed by atoms with Gasteiger partial charge in [0.25, 0.3) is 0 Å². The van der Waals surface area contributed by atoms with Crippen molar-refractivity contribution in [3.63, 3.8) is 0 Å². The third kappa shape index (κ3) is 4.02. The molecular weight excluding hydrogens is 421 g/mol. The van der Waals surface area contributed by atoms with Gasteiger partial charge in [-0.2, -0.15) is 10.4 Å². The van der Waals surface area contributed by atoms with Crippen LogP contribution in [0.3, 0.4) is 0 Å². The fourth-order valence-electron chi connectivity index (χ4n) is 3.64. The number of rotatable bonds is 6. The maximum absolute atomic E-state index is 14.5. The predicted molar refractivity (Wildman–Crippen MR) is 119 cm³/mol. The lowest BCUT2D eigenvalue weighted by Gasteiger charge is -2.16. The number of imidazole rings is 1. The van der Waals surface area contributed by atoms with Gasteiger partial charge in [-0.3, -0.25) is 0 Å². The maximum atomic E-state index is 14.5. The van der Waals surface area contributed by atoms with E-state index in [0.717, 1.165) is 5.56 Å². The second-order valence-electron chi connectivity index (χ2n) is 7.52. The summed E-state index contributed by atoms with van der Waals surface area (Å²) in [6.45, 7) is 2.33. The highest BCUT2D eigenvalue weighted by atomic mass is 19.1. The van der Waals surface area contributed by atoms with E-state index in [1.165, 1.54) is 6.07 Å². The molecule has 5 rings (SSSR count). The molecule has 0 aliphatic heterocycles. The standard InChI is InChI=1S/C24H18FN7O/c1-16(13-31-14-28-29-15-31)33-23-10-17(6-7-20(23)25)21-8-9-24-27-12-22(32(24)30-21)19-5-3-2-4-18(19)11-26/h2-10,12,14-16H,13H2,1H3/t16-/m0/s1.